The van der Waals surface area contributed by atoms with Crippen LogP contribution in [0.3, 0.4) is 0 Å². The maximum absolute atomic E-state index is 11.9. The molecular weight excluding hydrogens is 180 g/mol. The number of hydrogen-bond donors (Lipinski definition) is 0. The van der Waals surface area contributed by atoms with Crippen LogP contribution in [0.25, 0.3) is 0 Å². The quantitative estimate of drug-likeness (QED) is 0.448. The van der Waals surface area contributed by atoms with Gasteiger partial charge in [-0.3, -0.25) is 0 Å². The van der Waals surface area contributed by atoms with Crippen LogP contribution < -0.4 is 0 Å². The van der Waals surface area contributed by atoms with E-state index >= 15 is 0 Å². The molecule has 0 radical (unpaired) electrons. The molecule has 0 aliphatic carbocycles. The number of halogens is 4. The zero-order valence-electron chi connectivity index (χ0n) is 6.31. The Hall–Kier alpha value is -0.360. The molecular formula is C6H10F4O2. The third kappa shape index (κ3) is 6.36. The highest BCUT2D eigenvalue weighted by atomic mass is 19.3. The SMILES string of the molecule is FCCOCCOC(F)C(F)F. The van der Waals surface area contributed by atoms with Gasteiger partial charge in [0.25, 0.3) is 12.8 Å². The molecule has 0 heterocycles. The van der Waals surface area contributed by atoms with E-state index in [1.807, 2.05) is 0 Å². The zero-order chi connectivity index (χ0) is 9.40. The molecule has 0 aromatic heterocycles. The fourth-order valence-corrected chi connectivity index (χ4v) is 0.449. The summed E-state index contributed by atoms with van der Waals surface area (Å²) in [6.45, 7) is -1.18. The molecule has 1 unspecified atom stereocenters. The fourth-order valence-electron chi connectivity index (χ4n) is 0.449. The first kappa shape index (κ1) is 11.6. The molecule has 6 heteroatoms. The molecule has 0 saturated carbocycles. The normalized spacial score (nSPS) is 13.8. The van der Waals surface area contributed by atoms with Crippen molar-refractivity contribution in [2.45, 2.75) is 12.8 Å². The molecule has 74 valence electrons. The van der Waals surface area contributed by atoms with Crippen molar-refractivity contribution in [3.8, 4) is 0 Å². The lowest BCUT2D eigenvalue weighted by Crippen LogP contribution is -2.19. The van der Waals surface area contributed by atoms with Gasteiger partial charge in [0.05, 0.1) is 19.8 Å². The van der Waals surface area contributed by atoms with Gasteiger partial charge in [-0.05, 0) is 0 Å². The largest absolute Gasteiger partial charge is 0.376 e. The van der Waals surface area contributed by atoms with Crippen molar-refractivity contribution >= 4 is 0 Å². The van der Waals surface area contributed by atoms with Gasteiger partial charge in [-0.25, -0.2) is 17.6 Å². The van der Waals surface area contributed by atoms with Crippen LogP contribution >= 0.6 is 0 Å². The van der Waals surface area contributed by atoms with Gasteiger partial charge in [0.2, 0.25) is 0 Å². The summed E-state index contributed by atoms with van der Waals surface area (Å²) in [4.78, 5) is 0. The smallest absolute Gasteiger partial charge is 0.293 e. The Morgan fingerprint density at radius 1 is 1.00 bits per heavy atom. The first-order valence-corrected chi connectivity index (χ1v) is 3.36. The highest BCUT2D eigenvalue weighted by Crippen LogP contribution is 2.05. The highest BCUT2D eigenvalue weighted by Gasteiger charge is 2.18. The van der Waals surface area contributed by atoms with Crippen LogP contribution in [-0.4, -0.2) is 39.3 Å². The van der Waals surface area contributed by atoms with Crippen molar-refractivity contribution in [1.82, 2.24) is 0 Å². The van der Waals surface area contributed by atoms with Crippen LogP contribution in [0.15, 0.2) is 0 Å². The monoisotopic (exact) mass is 190 g/mol. The van der Waals surface area contributed by atoms with E-state index in [2.05, 4.69) is 9.47 Å². The Balaban J connectivity index is 3.08. The topological polar surface area (TPSA) is 18.5 Å². The molecule has 0 fully saturated rings. The molecule has 12 heavy (non-hydrogen) atoms. The van der Waals surface area contributed by atoms with Crippen molar-refractivity contribution in [2.24, 2.45) is 0 Å². The average Bonchev–Trinajstić information content (AvgIpc) is 2.03. The second-order valence-electron chi connectivity index (χ2n) is 1.86. The van der Waals surface area contributed by atoms with Crippen LogP contribution in [0.5, 0.6) is 0 Å². The minimum absolute atomic E-state index is 0.0863. The van der Waals surface area contributed by atoms with Gasteiger partial charge >= 0.3 is 0 Å². The molecule has 0 bridgehead atoms. The highest BCUT2D eigenvalue weighted by molar-refractivity contribution is 4.42. The van der Waals surface area contributed by atoms with Gasteiger partial charge < -0.3 is 9.47 Å². The van der Waals surface area contributed by atoms with Gasteiger partial charge in [0, 0.05) is 0 Å². The van der Waals surface area contributed by atoms with Gasteiger partial charge in [-0.1, -0.05) is 0 Å². The second kappa shape index (κ2) is 7.30. The molecule has 2 nitrogen and oxygen atoms in total. The molecule has 0 aromatic carbocycles. The van der Waals surface area contributed by atoms with Gasteiger partial charge in [-0.15, -0.1) is 0 Å². The molecule has 1 atom stereocenters. The van der Waals surface area contributed by atoms with Crippen molar-refractivity contribution < 1.29 is 27.0 Å². The van der Waals surface area contributed by atoms with Crippen molar-refractivity contribution in [2.75, 3.05) is 26.5 Å². The maximum Gasteiger partial charge on any atom is 0.293 e. The van der Waals surface area contributed by atoms with E-state index in [1.54, 1.807) is 0 Å². The van der Waals surface area contributed by atoms with Crippen LogP contribution in [0.2, 0.25) is 0 Å². The van der Waals surface area contributed by atoms with Crippen LogP contribution in [0.1, 0.15) is 0 Å². The minimum Gasteiger partial charge on any atom is -0.376 e. The van der Waals surface area contributed by atoms with E-state index in [0.29, 0.717) is 0 Å². The summed E-state index contributed by atoms with van der Waals surface area (Å²) >= 11 is 0. The molecule has 0 aromatic rings. The third-order valence-corrected chi connectivity index (χ3v) is 0.924. The first-order valence-electron chi connectivity index (χ1n) is 3.36. The van der Waals surface area contributed by atoms with E-state index in [-0.39, 0.29) is 19.8 Å². The van der Waals surface area contributed by atoms with E-state index in [0.717, 1.165) is 0 Å². The predicted molar refractivity (Wildman–Crippen MR) is 33.6 cm³/mol. The van der Waals surface area contributed by atoms with Gasteiger partial charge in [0.1, 0.15) is 6.67 Å². The molecule has 0 aliphatic heterocycles. The predicted octanol–water partition coefficient (Wildman–Crippen LogP) is 1.55. The Bertz CT molecular complexity index is 102. The zero-order valence-corrected chi connectivity index (χ0v) is 6.31. The average molecular weight is 190 g/mol. The lowest BCUT2D eigenvalue weighted by molar-refractivity contribution is -0.137. The Labute approximate surface area is 67.5 Å². The summed E-state index contributed by atoms with van der Waals surface area (Å²) in [5, 5.41) is 0. The summed E-state index contributed by atoms with van der Waals surface area (Å²) in [6, 6.07) is 0. The number of alkyl halides is 4. The molecule has 0 spiro atoms. The summed E-state index contributed by atoms with van der Waals surface area (Å²) in [5.41, 5.74) is 0. The Morgan fingerprint density at radius 3 is 2.17 bits per heavy atom. The molecule has 0 N–H and O–H groups in total. The van der Waals surface area contributed by atoms with Crippen molar-refractivity contribution in [3.05, 3.63) is 0 Å². The lowest BCUT2D eigenvalue weighted by Gasteiger charge is -2.07. The molecule has 0 saturated heterocycles. The Kier molecular flexibility index (Phi) is 7.08. The Morgan fingerprint density at radius 2 is 1.67 bits per heavy atom. The standard InChI is InChI=1S/C6H10F4O2/c7-1-2-11-3-4-12-6(10)5(8)9/h5-6H,1-4H2. The summed E-state index contributed by atoms with van der Waals surface area (Å²) in [7, 11) is 0. The lowest BCUT2D eigenvalue weighted by atomic mass is 10.7. The number of hydrogen-bond acceptors (Lipinski definition) is 2. The summed E-state index contributed by atoms with van der Waals surface area (Å²) in [5.74, 6) is 0. The first-order chi connectivity index (χ1) is 5.68. The second-order valence-corrected chi connectivity index (χ2v) is 1.86. The molecule has 0 amide bonds. The number of rotatable bonds is 7. The maximum atomic E-state index is 11.9. The third-order valence-electron chi connectivity index (χ3n) is 0.924. The van der Waals surface area contributed by atoms with Crippen LogP contribution in [0.4, 0.5) is 17.6 Å². The molecule has 0 aliphatic rings. The van der Waals surface area contributed by atoms with E-state index < -0.39 is 19.5 Å². The van der Waals surface area contributed by atoms with Crippen molar-refractivity contribution in [1.29, 1.82) is 0 Å². The van der Waals surface area contributed by atoms with E-state index in [9.17, 15) is 17.6 Å². The summed E-state index contributed by atoms with van der Waals surface area (Å²) < 4.78 is 54.6. The van der Waals surface area contributed by atoms with Gasteiger partial charge in [0.15, 0.2) is 0 Å². The van der Waals surface area contributed by atoms with Gasteiger partial charge in [-0.2, -0.15) is 0 Å². The summed E-state index contributed by atoms with van der Waals surface area (Å²) in [6.07, 6.45) is -5.73. The fraction of sp³-hybridized carbons (Fsp3) is 1.00. The van der Waals surface area contributed by atoms with E-state index in [1.165, 1.54) is 0 Å². The number of ether oxygens (including phenoxy) is 2. The van der Waals surface area contributed by atoms with Crippen molar-refractivity contribution in [3.63, 3.8) is 0 Å². The molecule has 0 rings (SSSR count). The van der Waals surface area contributed by atoms with Crippen LogP contribution in [0, 0.1) is 0 Å². The van der Waals surface area contributed by atoms with E-state index in [4.69, 9.17) is 0 Å². The minimum atomic E-state index is -3.15. The van der Waals surface area contributed by atoms with Crippen LogP contribution in [-0.2, 0) is 9.47 Å².